The van der Waals surface area contributed by atoms with Crippen LogP contribution in [-0.2, 0) is 0 Å². The first-order valence-corrected chi connectivity index (χ1v) is 7.03. The number of nitrogens with one attached hydrogen (secondary N) is 1. The lowest BCUT2D eigenvalue weighted by Gasteiger charge is -2.27. The number of hydrogen-bond donors (Lipinski definition) is 1. The molecule has 1 aromatic rings. The molecule has 1 rings (SSSR count). The molecule has 0 fully saturated rings. The minimum Gasteiger partial charge on any atom is -0.489 e. The Balaban J connectivity index is 2.81. The van der Waals surface area contributed by atoms with Gasteiger partial charge in [0.25, 0.3) is 0 Å². The van der Waals surface area contributed by atoms with Crippen molar-refractivity contribution in [3.63, 3.8) is 0 Å². The zero-order valence-corrected chi connectivity index (χ0v) is 12.4. The van der Waals surface area contributed by atoms with Crippen molar-refractivity contribution in [2.75, 3.05) is 7.05 Å². The molecule has 2 heteroatoms. The molecule has 0 saturated carbocycles. The highest BCUT2D eigenvalue weighted by molar-refractivity contribution is 5.36. The third kappa shape index (κ3) is 4.02. The fourth-order valence-electron chi connectivity index (χ4n) is 2.27. The Morgan fingerprint density at radius 2 is 1.94 bits per heavy atom. The van der Waals surface area contributed by atoms with Crippen molar-refractivity contribution < 1.29 is 4.74 Å². The van der Waals surface area contributed by atoms with Gasteiger partial charge in [0.05, 0.1) is 0 Å². The van der Waals surface area contributed by atoms with Crippen molar-refractivity contribution in [3.8, 4) is 5.75 Å². The molecule has 1 aromatic carbocycles. The second kappa shape index (κ2) is 7.42. The van der Waals surface area contributed by atoms with Crippen molar-refractivity contribution >= 4 is 0 Å². The first-order chi connectivity index (χ1) is 8.62. The van der Waals surface area contributed by atoms with Crippen LogP contribution in [0.15, 0.2) is 18.2 Å². The van der Waals surface area contributed by atoms with Crippen molar-refractivity contribution in [2.45, 2.75) is 59.1 Å². The summed E-state index contributed by atoms with van der Waals surface area (Å²) in [6.45, 7) is 8.62. The predicted molar refractivity (Wildman–Crippen MR) is 78.4 cm³/mol. The Bertz CT molecular complexity index is 362. The van der Waals surface area contributed by atoms with Crippen LogP contribution < -0.4 is 10.1 Å². The number of ether oxygens (including phenoxy) is 1. The van der Waals surface area contributed by atoms with Crippen LogP contribution in [0.2, 0.25) is 0 Å². The van der Waals surface area contributed by atoms with Gasteiger partial charge in [-0.25, -0.2) is 0 Å². The SMILES string of the molecule is CCCC(NC)C(CC)Oc1cc(C)ccc1C. The van der Waals surface area contributed by atoms with E-state index in [1.165, 1.54) is 17.5 Å². The number of rotatable bonds is 7. The van der Waals surface area contributed by atoms with Gasteiger partial charge in [-0.3, -0.25) is 0 Å². The summed E-state index contributed by atoms with van der Waals surface area (Å²) < 4.78 is 6.22. The van der Waals surface area contributed by atoms with Crippen LogP contribution in [0.3, 0.4) is 0 Å². The lowest BCUT2D eigenvalue weighted by atomic mass is 10.0. The lowest BCUT2D eigenvalue weighted by Crippen LogP contribution is -2.40. The van der Waals surface area contributed by atoms with Gasteiger partial charge in [-0.1, -0.05) is 32.4 Å². The Kier molecular flexibility index (Phi) is 6.20. The van der Waals surface area contributed by atoms with Crippen molar-refractivity contribution in [1.82, 2.24) is 5.32 Å². The molecule has 0 spiro atoms. The fraction of sp³-hybridized carbons (Fsp3) is 0.625. The molecule has 0 aliphatic heterocycles. The van der Waals surface area contributed by atoms with Crippen LogP contribution in [0.25, 0.3) is 0 Å². The molecular weight excluding hydrogens is 222 g/mol. The highest BCUT2D eigenvalue weighted by atomic mass is 16.5. The van der Waals surface area contributed by atoms with Gasteiger partial charge < -0.3 is 10.1 Å². The standard InChI is InChI=1S/C16H27NO/c1-6-8-14(17-5)15(7-2)18-16-11-12(3)9-10-13(16)4/h9-11,14-15,17H,6-8H2,1-5H3. The largest absolute Gasteiger partial charge is 0.489 e. The number of likely N-dealkylation sites (N-methyl/N-ethyl adjacent to an activating group) is 1. The topological polar surface area (TPSA) is 21.3 Å². The summed E-state index contributed by atoms with van der Waals surface area (Å²) in [5.74, 6) is 1.03. The van der Waals surface area contributed by atoms with Gasteiger partial charge in [-0.15, -0.1) is 0 Å². The van der Waals surface area contributed by atoms with Gasteiger partial charge in [0, 0.05) is 6.04 Å². The fourth-order valence-corrected chi connectivity index (χ4v) is 2.27. The molecule has 102 valence electrons. The van der Waals surface area contributed by atoms with Gasteiger partial charge in [0.15, 0.2) is 0 Å². The number of benzene rings is 1. The zero-order chi connectivity index (χ0) is 13.5. The highest BCUT2D eigenvalue weighted by Gasteiger charge is 2.19. The Hall–Kier alpha value is -1.02. The number of hydrogen-bond acceptors (Lipinski definition) is 2. The van der Waals surface area contributed by atoms with E-state index >= 15 is 0 Å². The van der Waals surface area contributed by atoms with Gasteiger partial charge in [-0.2, -0.15) is 0 Å². The maximum Gasteiger partial charge on any atom is 0.122 e. The predicted octanol–water partition coefficient (Wildman–Crippen LogP) is 3.85. The first-order valence-electron chi connectivity index (χ1n) is 7.03. The van der Waals surface area contributed by atoms with E-state index in [2.05, 4.69) is 51.2 Å². The summed E-state index contributed by atoms with van der Waals surface area (Å²) >= 11 is 0. The van der Waals surface area contributed by atoms with E-state index in [4.69, 9.17) is 4.74 Å². The quantitative estimate of drug-likeness (QED) is 0.792. The van der Waals surface area contributed by atoms with Crippen molar-refractivity contribution in [1.29, 1.82) is 0 Å². The van der Waals surface area contributed by atoms with E-state index in [9.17, 15) is 0 Å². The summed E-state index contributed by atoms with van der Waals surface area (Å²) in [7, 11) is 2.02. The van der Waals surface area contributed by atoms with Gasteiger partial charge in [0.2, 0.25) is 0 Å². The average Bonchev–Trinajstić information content (AvgIpc) is 2.37. The van der Waals surface area contributed by atoms with Crippen molar-refractivity contribution in [2.24, 2.45) is 0 Å². The summed E-state index contributed by atoms with van der Waals surface area (Å²) in [6.07, 6.45) is 3.60. The second-order valence-corrected chi connectivity index (χ2v) is 5.02. The Morgan fingerprint density at radius 1 is 1.22 bits per heavy atom. The van der Waals surface area contributed by atoms with E-state index in [0.29, 0.717) is 6.04 Å². The van der Waals surface area contributed by atoms with E-state index < -0.39 is 0 Å². The molecule has 0 aliphatic rings. The van der Waals surface area contributed by atoms with Crippen LogP contribution >= 0.6 is 0 Å². The summed E-state index contributed by atoms with van der Waals surface area (Å²) in [6, 6.07) is 6.83. The maximum atomic E-state index is 6.22. The summed E-state index contributed by atoms with van der Waals surface area (Å²) in [5.41, 5.74) is 2.47. The van der Waals surface area contributed by atoms with Crippen molar-refractivity contribution in [3.05, 3.63) is 29.3 Å². The third-order valence-electron chi connectivity index (χ3n) is 3.44. The average molecular weight is 249 g/mol. The second-order valence-electron chi connectivity index (χ2n) is 5.02. The molecule has 2 atom stereocenters. The molecule has 0 amide bonds. The van der Waals surface area contributed by atoms with E-state index in [1.54, 1.807) is 0 Å². The maximum absolute atomic E-state index is 6.22. The van der Waals surface area contributed by atoms with Crippen LogP contribution in [0.5, 0.6) is 5.75 Å². The Morgan fingerprint density at radius 3 is 2.50 bits per heavy atom. The van der Waals surface area contributed by atoms with Crippen LogP contribution in [0.4, 0.5) is 0 Å². The lowest BCUT2D eigenvalue weighted by molar-refractivity contribution is 0.145. The Labute approximate surface area is 112 Å². The van der Waals surface area contributed by atoms with Crippen LogP contribution in [-0.4, -0.2) is 19.2 Å². The van der Waals surface area contributed by atoms with E-state index in [1.807, 2.05) is 7.05 Å². The van der Waals surface area contributed by atoms with E-state index in [0.717, 1.165) is 18.6 Å². The van der Waals surface area contributed by atoms with E-state index in [-0.39, 0.29) is 6.10 Å². The molecule has 0 heterocycles. The normalized spacial score (nSPS) is 14.3. The molecular formula is C16H27NO. The molecule has 0 radical (unpaired) electrons. The molecule has 18 heavy (non-hydrogen) atoms. The smallest absolute Gasteiger partial charge is 0.122 e. The van der Waals surface area contributed by atoms with Gasteiger partial charge in [0.1, 0.15) is 11.9 Å². The minimum atomic E-state index is 0.246. The highest BCUT2D eigenvalue weighted by Crippen LogP contribution is 2.23. The third-order valence-corrected chi connectivity index (χ3v) is 3.44. The molecule has 2 unspecified atom stereocenters. The molecule has 0 bridgehead atoms. The van der Waals surface area contributed by atoms with Crippen LogP contribution in [0, 0.1) is 13.8 Å². The first kappa shape index (κ1) is 15.0. The summed E-state index contributed by atoms with van der Waals surface area (Å²) in [5, 5.41) is 3.38. The van der Waals surface area contributed by atoms with Crippen LogP contribution in [0.1, 0.15) is 44.2 Å². The summed E-state index contributed by atoms with van der Waals surface area (Å²) in [4.78, 5) is 0. The minimum absolute atomic E-state index is 0.246. The molecule has 0 saturated heterocycles. The van der Waals surface area contributed by atoms with Gasteiger partial charge in [-0.05, 0) is 50.9 Å². The molecule has 1 N–H and O–H groups in total. The number of aryl methyl sites for hydroxylation is 2. The molecule has 0 aliphatic carbocycles. The monoisotopic (exact) mass is 249 g/mol. The molecule has 0 aromatic heterocycles. The zero-order valence-electron chi connectivity index (χ0n) is 12.4. The van der Waals surface area contributed by atoms with Gasteiger partial charge >= 0.3 is 0 Å². The molecule has 2 nitrogen and oxygen atoms in total.